The molecule has 0 radical (unpaired) electrons. The minimum absolute atomic E-state index is 0.0417. The number of carbonyl (C=O) groups is 3. The van der Waals surface area contributed by atoms with E-state index in [1.165, 1.54) is 41.5 Å². The molecule has 1 aromatic heterocycles. The van der Waals surface area contributed by atoms with E-state index in [-0.39, 0.29) is 48.9 Å². The number of ketones is 1. The molecule has 0 bridgehead atoms. The van der Waals surface area contributed by atoms with Crippen molar-refractivity contribution in [3.05, 3.63) is 71.7 Å². The number of aromatic nitrogens is 1. The van der Waals surface area contributed by atoms with Crippen LogP contribution < -0.4 is 19.7 Å². The first-order valence-electron chi connectivity index (χ1n) is 10.7. The fourth-order valence-corrected chi connectivity index (χ4v) is 3.26. The van der Waals surface area contributed by atoms with Crippen LogP contribution in [0.15, 0.2) is 53.1 Å². The minimum Gasteiger partial charge on any atom is -0.485 e. The second-order valence-corrected chi connectivity index (χ2v) is 7.50. The van der Waals surface area contributed by atoms with Gasteiger partial charge in [-0.15, -0.1) is 0 Å². The number of rotatable bonds is 9. The van der Waals surface area contributed by atoms with Crippen molar-refractivity contribution < 1.29 is 32.7 Å². The van der Waals surface area contributed by atoms with Crippen molar-refractivity contribution in [2.24, 2.45) is 0 Å². The molecule has 9 nitrogen and oxygen atoms in total. The summed E-state index contributed by atoms with van der Waals surface area (Å²) >= 11 is 0. The smallest absolute Gasteiger partial charge is 0.273 e. The van der Waals surface area contributed by atoms with Gasteiger partial charge in [-0.2, -0.15) is 0 Å². The van der Waals surface area contributed by atoms with Gasteiger partial charge in [-0.3, -0.25) is 19.3 Å². The van der Waals surface area contributed by atoms with Gasteiger partial charge >= 0.3 is 0 Å². The van der Waals surface area contributed by atoms with Crippen molar-refractivity contribution in [3.8, 4) is 11.5 Å². The van der Waals surface area contributed by atoms with E-state index in [2.05, 4.69) is 10.3 Å². The molecular formula is C24H22FN3O6. The Bertz CT molecular complexity index is 1210. The molecule has 0 fully saturated rings. The standard InChI is InChI=1S/C24H22FN3O6/c1-2-9-26-24(31)18-12-34-22(27-18)11-28-19-10-15(3-8-21(19)33-14-23(28)30)20(29)13-32-17-6-4-16(25)5-7-17/h3-8,10,12H,2,9,11,13-14H2,1H3,(H,26,31). The number of Topliss-reactive ketones (excluding diaryl/α,β-unsaturated/α-hetero) is 1. The molecule has 0 spiro atoms. The second kappa shape index (κ2) is 10.2. The van der Waals surface area contributed by atoms with Gasteiger partial charge in [0.2, 0.25) is 5.89 Å². The lowest BCUT2D eigenvalue weighted by Crippen LogP contribution is -2.38. The Morgan fingerprint density at radius 2 is 2.00 bits per heavy atom. The summed E-state index contributed by atoms with van der Waals surface area (Å²) in [5.74, 6) is -0.513. The molecule has 2 heterocycles. The predicted octanol–water partition coefficient (Wildman–Crippen LogP) is 3.14. The average Bonchev–Trinajstić information content (AvgIpc) is 3.32. The number of hydrogen-bond donors (Lipinski definition) is 1. The van der Waals surface area contributed by atoms with Gasteiger partial charge in [0, 0.05) is 12.1 Å². The summed E-state index contributed by atoms with van der Waals surface area (Å²) in [5.41, 5.74) is 0.793. The van der Waals surface area contributed by atoms with Crippen LogP contribution in [0.3, 0.4) is 0 Å². The van der Waals surface area contributed by atoms with Gasteiger partial charge in [0.1, 0.15) is 30.1 Å². The van der Waals surface area contributed by atoms with Crippen molar-refractivity contribution in [1.29, 1.82) is 0 Å². The largest absolute Gasteiger partial charge is 0.485 e. The number of ether oxygens (including phenoxy) is 2. The third kappa shape index (κ3) is 5.22. The summed E-state index contributed by atoms with van der Waals surface area (Å²) in [5, 5.41) is 2.71. The summed E-state index contributed by atoms with van der Waals surface area (Å²) in [6.45, 7) is 1.95. The van der Waals surface area contributed by atoms with Gasteiger partial charge in [0.15, 0.2) is 24.7 Å². The predicted molar refractivity (Wildman–Crippen MR) is 118 cm³/mol. The molecule has 4 rings (SSSR count). The first kappa shape index (κ1) is 23.0. The number of carbonyl (C=O) groups excluding carboxylic acids is 3. The molecular weight excluding hydrogens is 445 g/mol. The van der Waals surface area contributed by atoms with Gasteiger partial charge in [0.05, 0.1) is 5.69 Å². The molecule has 2 aromatic carbocycles. The van der Waals surface area contributed by atoms with Gasteiger partial charge in [-0.1, -0.05) is 6.92 Å². The number of benzene rings is 2. The number of nitrogens with zero attached hydrogens (tertiary/aromatic N) is 2. The van der Waals surface area contributed by atoms with Gasteiger partial charge in [-0.25, -0.2) is 9.37 Å². The van der Waals surface area contributed by atoms with Crippen LogP contribution in [0.2, 0.25) is 0 Å². The molecule has 2 amide bonds. The zero-order valence-electron chi connectivity index (χ0n) is 18.4. The SMILES string of the molecule is CCCNC(=O)c1coc(CN2C(=O)COc3ccc(C(=O)COc4ccc(F)cc4)cc32)n1. The van der Waals surface area contributed by atoms with E-state index in [0.717, 1.165) is 6.42 Å². The molecule has 0 saturated carbocycles. The van der Waals surface area contributed by atoms with Crippen LogP contribution in [0.5, 0.6) is 11.5 Å². The lowest BCUT2D eigenvalue weighted by Gasteiger charge is -2.28. The molecule has 0 atom stereocenters. The van der Waals surface area contributed by atoms with Crippen LogP contribution in [0.25, 0.3) is 0 Å². The summed E-state index contributed by atoms with van der Waals surface area (Å²) in [6.07, 6.45) is 2.02. The zero-order chi connectivity index (χ0) is 24.1. The molecule has 3 aromatic rings. The number of oxazole rings is 1. The Hall–Kier alpha value is -4.21. The molecule has 1 aliphatic heterocycles. The van der Waals surface area contributed by atoms with E-state index < -0.39 is 5.82 Å². The maximum Gasteiger partial charge on any atom is 0.273 e. The molecule has 0 unspecified atom stereocenters. The quantitative estimate of drug-likeness (QED) is 0.481. The summed E-state index contributed by atoms with van der Waals surface area (Å²) in [7, 11) is 0. The van der Waals surface area contributed by atoms with E-state index in [9.17, 15) is 18.8 Å². The summed E-state index contributed by atoms with van der Waals surface area (Å²) < 4.78 is 29.3. The van der Waals surface area contributed by atoms with Crippen molar-refractivity contribution >= 4 is 23.3 Å². The third-order valence-corrected chi connectivity index (χ3v) is 5.02. The maximum absolute atomic E-state index is 13.0. The van der Waals surface area contributed by atoms with E-state index in [4.69, 9.17) is 13.9 Å². The number of amides is 2. The fraction of sp³-hybridized carbons (Fsp3) is 0.250. The lowest BCUT2D eigenvalue weighted by atomic mass is 10.1. The first-order valence-corrected chi connectivity index (χ1v) is 10.7. The monoisotopic (exact) mass is 467 g/mol. The van der Waals surface area contributed by atoms with Crippen molar-refractivity contribution in [3.63, 3.8) is 0 Å². The molecule has 1 N–H and O–H groups in total. The Kier molecular flexibility index (Phi) is 6.86. The van der Waals surface area contributed by atoms with Crippen LogP contribution in [0.4, 0.5) is 10.1 Å². The van der Waals surface area contributed by atoms with E-state index in [0.29, 0.717) is 29.3 Å². The van der Waals surface area contributed by atoms with E-state index >= 15 is 0 Å². The van der Waals surface area contributed by atoms with Gasteiger partial charge in [0.25, 0.3) is 11.8 Å². The van der Waals surface area contributed by atoms with Gasteiger partial charge in [-0.05, 0) is 48.9 Å². The maximum atomic E-state index is 13.0. The number of halogens is 1. The molecule has 1 aliphatic rings. The lowest BCUT2D eigenvalue weighted by molar-refractivity contribution is -0.121. The topological polar surface area (TPSA) is 111 Å². The minimum atomic E-state index is -0.405. The Morgan fingerprint density at radius 3 is 2.76 bits per heavy atom. The molecule has 176 valence electrons. The highest BCUT2D eigenvalue weighted by Crippen LogP contribution is 2.34. The highest BCUT2D eigenvalue weighted by atomic mass is 19.1. The molecule has 34 heavy (non-hydrogen) atoms. The molecule has 0 aliphatic carbocycles. The van der Waals surface area contributed by atoms with Gasteiger partial charge < -0.3 is 19.2 Å². The Balaban J connectivity index is 1.49. The van der Waals surface area contributed by atoms with Crippen molar-refractivity contribution in [2.45, 2.75) is 19.9 Å². The summed E-state index contributed by atoms with van der Waals surface area (Å²) in [4.78, 5) is 42.9. The summed E-state index contributed by atoms with van der Waals surface area (Å²) in [6, 6.07) is 10.0. The van der Waals surface area contributed by atoms with E-state index in [1.54, 1.807) is 12.1 Å². The number of nitrogens with one attached hydrogen (secondary N) is 1. The Morgan fingerprint density at radius 1 is 1.21 bits per heavy atom. The highest BCUT2D eigenvalue weighted by Gasteiger charge is 2.28. The molecule has 10 heteroatoms. The zero-order valence-corrected chi connectivity index (χ0v) is 18.4. The highest BCUT2D eigenvalue weighted by molar-refractivity contribution is 6.02. The molecule has 0 saturated heterocycles. The van der Waals surface area contributed by atoms with E-state index in [1.807, 2.05) is 6.92 Å². The normalized spacial score (nSPS) is 12.6. The fourth-order valence-electron chi connectivity index (χ4n) is 3.26. The van der Waals surface area contributed by atoms with Crippen LogP contribution >= 0.6 is 0 Å². The first-order chi connectivity index (χ1) is 16.4. The Labute approximate surface area is 194 Å². The van der Waals surface area contributed by atoms with Crippen molar-refractivity contribution in [1.82, 2.24) is 10.3 Å². The number of fused-ring (bicyclic) bond motifs is 1. The number of anilines is 1. The van der Waals surface area contributed by atoms with Crippen LogP contribution in [0.1, 0.15) is 40.1 Å². The third-order valence-electron chi connectivity index (χ3n) is 5.02. The average molecular weight is 467 g/mol. The van der Waals surface area contributed by atoms with Crippen LogP contribution in [-0.2, 0) is 11.3 Å². The van der Waals surface area contributed by atoms with Crippen LogP contribution in [0, 0.1) is 5.82 Å². The van der Waals surface area contributed by atoms with Crippen LogP contribution in [-0.4, -0.2) is 42.3 Å². The second-order valence-electron chi connectivity index (χ2n) is 7.50. The number of hydrogen-bond acceptors (Lipinski definition) is 7. The van der Waals surface area contributed by atoms with Crippen molar-refractivity contribution in [2.75, 3.05) is 24.7 Å².